The Hall–Kier alpha value is -3.26. The minimum absolute atomic E-state index is 0.0355. The van der Waals surface area contributed by atoms with Crippen molar-refractivity contribution in [2.45, 2.75) is 6.54 Å². The van der Waals surface area contributed by atoms with Crippen molar-refractivity contribution >= 4 is 39.7 Å². The highest BCUT2D eigenvalue weighted by atomic mass is 35.5. The SMILES string of the molecule is O=C(c1ccc(CN(c2nc(-c3ccccc3Cl)cs2)c2ccccc2F)cc1)N1CCNCC1. The van der Waals surface area contributed by atoms with Gasteiger partial charge in [0.2, 0.25) is 0 Å². The van der Waals surface area contributed by atoms with Crippen molar-refractivity contribution in [1.29, 1.82) is 0 Å². The summed E-state index contributed by atoms with van der Waals surface area (Å²) in [5.41, 5.74) is 3.62. The van der Waals surface area contributed by atoms with Crippen LogP contribution in [-0.4, -0.2) is 42.0 Å². The number of rotatable bonds is 6. The third-order valence-electron chi connectivity index (χ3n) is 5.96. The van der Waals surface area contributed by atoms with Gasteiger partial charge in [-0.1, -0.05) is 54.1 Å². The molecule has 0 aliphatic carbocycles. The largest absolute Gasteiger partial charge is 0.336 e. The van der Waals surface area contributed by atoms with Crippen LogP contribution in [0, 0.1) is 5.82 Å². The van der Waals surface area contributed by atoms with E-state index in [0.29, 0.717) is 41.0 Å². The maximum absolute atomic E-state index is 14.9. The molecule has 0 atom stereocenters. The van der Waals surface area contributed by atoms with Gasteiger partial charge in [-0.2, -0.15) is 0 Å². The Labute approximate surface area is 212 Å². The summed E-state index contributed by atoms with van der Waals surface area (Å²) in [4.78, 5) is 21.3. The van der Waals surface area contributed by atoms with Crippen LogP contribution in [0.15, 0.2) is 78.2 Å². The number of anilines is 2. The Balaban J connectivity index is 1.42. The summed E-state index contributed by atoms with van der Waals surface area (Å²) < 4.78 is 14.9. The third kappa shape index (κ3) is 5.22. The standard InChI is InChI=1S/C27H24ClFN4OS/c28-22-6-2-1-5-21(22)24-18-35-27(31-24)33(25-8-4-3-7-23(25)29)17-19-9-11-20(12-10-19)26(34)32-15-13-30-14-16-32/h1-12,18,30H,13-17H2. The highest BCUT2D eigenvalue weighted by Gasteiger charge is 2.20. The molecule has 1 amide bonds. The molecule has 4 aromatic rings. The molecule has 1 N–H and O–H groups in total. The zero-order valence-electron chi connectivity index (χ0n) is 19.0. The number of piperazine rings is 1. The first-order valence-electron chi connectivity index (χ1n) is 11.4. The molecule has 1 aromatic heterocycles. The monoisotopic (exact) mass is 506 g/mol. The lowest BCUT2D eigenvalue weighted by Gasteiger charge is -2.27. The fourth-order valence-corrected chi connectivity index (χ4v) is 5.16. The van der Waals surface area contributed by atoms with Crippen LogP contribution in [0.25, 0.3) is 11.3 Å². The van der Waals surface area contributed by atoms with E-state index >= 15 is 0 Å². The van der Waals surface area contributed by atoms with Gasteiger partial charge in [0.25, 0.3) is 5.91 Å². The summed E-state index contributed by atoms with van der Waals surface area (Å²) in [5, 5.41) is 6.47. The van der Waals surface area contributed by atoms with Crippen molar-refractivity contribution in [3.63, 3.8) is 0 Å². The van der Waals surface area contributed by atoms with Gasteiger partial charge >= 0.3 is 0 Å². The van der Waals surface area contributed by atoms with E-state index in [1.165, 1.54) is 17.4 Å². The van der Waals surface area contributed by atoms with Gasteiger partial charge in [-0.25, -0.2) is 9.37 Å². The molecule has 0 bridgehead atoms. The highest BCUT2D eigenvalue weighted by Crippen LogP contribution is 2.36. The number of hydrogen-bond donors (Lipinski definition) is 1. The summed E-state index contributed by atoms with van der Waals surface area (Å²) in [6, 6.07) is 21.7. The molecule has 178 valence electrons. The first-order chi connectivity index (χ1) is 17.1. The summed E-state index contributed by atoms with van der Waals surface area (Å²) in [6.45, 7) is 3.44. The zero-order valence-corrected chi connectivity index (χ0v) is 20.5. The minimum Gasteiger partial charge on any atom is -0.336 e. The molecule has 1 saturated heterocycles. The van der Waals surface area contributed by atoms with Crippen molar-refractivity contribution < 1.29 is 9.18 Å². The van der Waals surface area contributed by atoms with E-state index in [1.54, 1.807) is 12.1 Å². The predicted molar refractivity (Wildman–Crippen MR) is 140 cm³/mol. The van der Waals surface area contributed by atoms with Gasteiger partial charge in [0.05, 0.1) is 17.9 Å². The van der Waals surface area contributed by atoms with Gasteiger partial charge in [-0.3, -0.25) is 4.79 Å². The van der Waals surface area contributed by atoms with Crippen LogP contribution >= 0.6 is 22.9 Å². The smallest absolute Gasteiger partial charge is 0.253 e. The highest BCUT2D eigenvalue weighted by molar-refractivity contribution is 7.14. The molecular formula is C27H24ClFN4OS. The first-order valence-corrected chi connectivity index (χ1v) is 12.7. The van der Waals surface area contributed by atoms with E-state index in [-0.39, 0.29) is 11.7 Å². The lowest BCUT2D eigenvalue weighted by molar-refractivity contribution is 0.0736. The Morgan fingerprint density at radius 3 is 2.49 bits per heavy atom. The Morgan fingerprint density at radius 2 is 1.74 bits per heavy atom. The molecule has 1 fully saturated rings. The first kappa shape index (κ1) is 23.5. The van der Waals surface area contributed by atoms with Crippen molar-refractivity contribution in [3.8, 4) is 11.3 Å². The Kier molecular flexibility index (Phi) is 7.08. The maximum atomic E-state index is 14.9. The topological polar surface area (TPSA) is 48.5 Å². The fourth-order valence-electron chi connectivity index (χ4n) is 4.09. The van der Waals surface area contributed by atoms with E-state index in [1.807, 2.05) is 69.8 Å². The maximum Gasteiger partial charge on any atom is 0.253 e. The van der Waals surface area contributed by atoms with Crippen LogP contribution in [0.2, 0.25) is 5.02 Å². The second-order valence-electron chi connectivity index (χ2n) is 8.27. The summed E-state index contributed by atoms with van der Waals surface area (Å²) in [7, 11) is 0. The van der Waals surface area contributed by atoms with Gasteiger partial charge in [0, 0.05) is 47.7 Å². The molecule has 1 aliphatic heterocycles. The molecule has 0 spiro atoms. The van der Waals surface area contributed by atoms with Gasteiger partial charge in [-0.15, -0.1) is 11.3 Å². The quantitative estimate of drug-likeness (QED) is 0.349. The average Bonchev–Trinajstić information content (AvgIpc) is 3.38. The number of benzene rings is 3. The second-order valence-corrected chi connectivity index (χ2v) is 9.52. The number of para-hydroxylation sites is 1. The zero-order chi connectivity index (χ0) is 24.2. The fraction of sp³-hybridized carbons (Fsp3) is 0.185. The summed E-state index contributed by atoms with van der Waals surface area (Å²) in [5.74, 6) is -0.291. The molecular weight excluding hydrogens is 483 g/mol. The van der Waals surface area contributed by atoms with Crippen LogP contribution in [0.5, 0.6) is 0 Å². The van der Waals surface area contributed by atoms with Crippen LogP contribution in [-0.2, 0) is 6.54 Å². The normalized spacial score (nSPS) is 13.6. The predicted octanol–water partition coefficient (Wildman–Crippen LogP) is 5.99. The number of carbonyl (C=O) groups is 1. The lowest BCUT2D eigenvalue weighted by Crippen LogP contribution is -2.46. The number of thiazole rings is 1. The van der Waals surface area contributed by atoms with Crippen LogP contribution in [0.4, 0.5) is 15.2 Å². The van der Waals surface area contributed by atoms with Crippen molar-refractivity contribution in [1.82, 2.24) is 15.2 Å². The van der Waals surface area contributed by atoms with Crippen LogP contribution in [0.3, 0.4) is 0 Å². The van der Waals surface area contributed by atoms with Gasteiger partial charge in [0.1, 0.15) is 5.82 Å². The molecule has 0 saturated carbocycles. The van der Waals surface area contributed by atoms with E-state index < -0.39 is 0 Å². The molecule has 3 aromatic carbocycles. The van der Waals surface area contributed by atoms with E-state index in [9.17, 15) is 9.18 Å². The molecule has 8 heteroatoms. The van der Waals surface area contributed by atoms with Gasteiger partial charge < -0.3 is 15.1 Å². The van der Waals surface area contributed by atoms with E-state index in [0.717, 1.165) is 29.9 Å². The number of nitrogens with zero attached hydrogens (tertiary/aromatic N) is 3. The lowest BCUT2D eigenvalue weighted by atomic mass is 10.1. The Bertz CT molecular complexity index is 1320. The second kappa shape index (κ2) is 10.6. The number of hydrogen-bond acceptors (Lipinski definition) is 5. The minimum atomic E-state index is -0.326. The number of aromatic nitrogens is 1. The van der Waals surface area contributed by atoms with Crippen molar-refractivity contribution in [2.24, 2.45) is 0 Å². The molecule has 0 radical (unpaired) electrons. The molecule has 35 heavy (non-hydrogen) atoms. The van der Waals surface area contributed by atoms with Gasteiger partial charge in [0.15, 0.2) is 5.13 Å². The number of nitrogens with one attached hydrogen (secondary N) is 1. The van der Waals surface area contributed by atoms with E-state index in [4.69, 9.17) is 16.6 Å². The van der Waals surface area contributed by atoms with Gasteiger partial charge in [-0.05, 0) is 35.9 Å². The third-order valence-corrected chi connectivity index (χ3v) is 7.15. The molecule has 1 aliphatic rings. The Morgan fingerprint density at radius 1 is 1.03 bits per heavy atom. The van der Waals surface area contributed by atoms with E-state index in [2.05, 4.69) is 5.32 Å². The van der Waals surface area contributed by atoms with Crippen molar-refractivity contribution in [3.05, 3.63) is 100 Å². The van der Waals surface area contributed by atoms with Crippen molar-refractivity contribution in [2.75, 3.05) is 31.1 Å². The van der Waals surface area contributed by atoms with Crippen LogP contribution in [0.1, 0.15) is 15.9 Å². The molecule has 0 unspecified atom stereocenters. The average molecular weight is 507 g/mol. The molecule has 5 rings (SSSR count). The summed E-state index contributed by atoms with van der Waals surface area (Å²) >= 11 is 7.81. The number of amides is 1. The molecule has 5 nitrogen and oxygen atoms in total. The number of halogens is 2. The molecule has 2 heterocycles. The summed E-state index contributed by atoms with van der Waals surface area (Å²) in [6.07, 6.45) is 0. The van der Waals surface area contributed by atoms with Crippen LogP contribution < -0.4 is 10.2 Å². The number of carbonyl (C=O) groups excluding carboxylic acids is 1.